The second kappa shape index (κ2) is 4.81. The molecule has 6 heteroatoms. The van der Waals surface area contributed by atoms with Gasteiger partial charge < -0.3 is 10.3 Å². The number of benzene rings is 1. The van der Waals surface area contributed by atoms with Crippen LogP contribution in [0.5, 0.6) is 0 Å². The SMILES string of the molecule is CC(C)c1nc(C(N)c2cc(F)ccc2F)no1. The van der Waals surface area contributed by atoms with Gasteiger partial charge in [0.1, 0.15) is 11.6 Å². The maximum Gasteiger partial charge on any atom is 0.229 e. The number of hydrogen-bond acceptors (Lipinski definition) is 4. The number of nitrogens with zero attached hydrogens (tertiary/aromatic N) is 2. The van der Waals surface area contributed by atoms with Crippen molar-refractivity contribution in [2.45, 2.75) is 25.8 Å². The van der Waals surface area contributed by atoms with Crippen LogP contribution in [-0.4, -0.2) is 10.1 Å². The number of halogens is 2. The minimum absolute atomic E-state index is 0.00565. The summed E-state index contributed by atoms with van der Waals surface area (Å²) in [6.45, 7) is 3.76. The summed E-state index contributed by atoms with van der Waals surface area (Å²) in [5, 5.41) is 3.68. The van der Waals surface area contributed by atoms with Crippen LogP contribution >= 0.6 is 0 Å². The van der Waals surface area contributed by atoms with Crippen LogP contribution in [0.15, 0.2) is 22.7 Å². The van der Waals surface area contributed by atoms with E-state index in [2.05, 4.69) is 10.1 Å². The highest BCUT2D eigenvalue weighted by atomic mass is 19.1. The van der Waals surface area contributed by atoms with E-state index in [1.165, 1.54) is 0 Å². The molecule has 0 aliphatic heterocycles. The smallest absolute Gasteiger partial charge is 0.229 e. The van der Waals surface area contributed by atoms with Gasteiger partial charge in [-0.25, -0.2) is 8.78 Å². The third-order valence-electron chi connectivity index (χ3n) is 2.52. The summed E-state index contributed by atoms with van der Waals surface area (Å²) in [5.41, 5.74) is 5.81. The first-order valence-electron chi connectivity index (χ1n) is 5.53. The van der Waals surface area contributed by atoms with E-state index in [4.69, 9.17) is 10.3 Å². The molecule has 0 saturated heterocycles. The average Bonchev–Trinajstić information content (AvgIpc) is 2.81. The summed E-state index contributed by atoms with van der Waals surface area (Å²) in [4.78, 5) is 4.06. The quantitative estimate of drug-likeness (QED) is 0.912. The summed E-state index contributed by atoms with van der Waals surface area (Å²) in [5.74, 6) is -0.550. The molecule has 0 saturated carbocycles. The predicted molar refractivity (Wildman–Crippen MR) is 60.8 cm³/mol. The Hall–Kier alpha value is -1.82. The molecular formula is C12H13F2N3O. The van der Waals surface area contributed by atoms with Gasteiger partial charge in [-0.3, -0.25) is 0 Å². The van der Waals surface area contributed by atoms with Crippen LogP contribution in [0.2, 0.25) is 0 Å². The third kappa shape index (κ3) is 2.38. The van der Waals surface area contributed by atoms with E-state index >= 15 is 0 Å². The van der Waals surface area contributed by atoms with Crippen LogP contribution in [0.1, 0.15) is 43.1 Å². The fourth-order valence-electron chi connectivity index (χ4n) is 1.50. The maximum absolute atomic E-state index is 13.5. The van der Waals surface area contributed by atoms with Gasteiger partial charge in [-0.1, -0.05) is 19.0 Å². The van der Waals surface area contributed by atoms with Crippen molar-refractivity contribution in [3.8, 4) is 0 Å². The van der Waals surface area contributed by atoms with Crippen molar-refractivity contribution >= 4 is 0 Å². The van der Waals surface area contributed by atoms with Crippen molar-refractivity contribution in [1.29, 1.82) is 0 Å². The summed E-state index contributed by atoms with van der Waals surface area (Å²) in [6.07, 6.45) is 0. The highest BCUT2D eigenvalue weighted by Crippen LogP contribution is 2.22. The lowest BCUT2D eigenvalue weighted by atomic mass is 10.1. The summed E-state index contributed by atoms with van der Waals surface area (Å²) < 4.78 is 31.6. The van der Waals surface area contributed by atoms with E-state index < -0.39 is 17.7 Å². The van der Waals surface area contributed by atoms with Crippen LogP contribution in [0.25, 0.3) is 0 Å². The Morgan fingerprint density at radius 1 is 1.28 bits per heavy atom. The Bertz CT molecular complexity index is 554. The summed E-state index contributed by atoms with van der Waals surface area (Å²) >= 11 is 0. The average molecular weight is 253 g/mol. The largest absolute Gasteiger partial charge is 0.339 e. The van der Waals surface area contributed by atoms with Crippen LogP contribution in [-0.2, 0) is 0 Å². The summed E-state index contributed by atoms with van der Waals surface area (Å²) in [7, 11) is 0. The molecule has 2 N–H and O–H groups in total. The van der Waals surface area contributed by atoms with Crippen molar-refractivity contribution in [2.24, 2.45) is 5.73 Å². The first kappa shape index (κ1) is 12.6. The van der Waals surface area contributed by atoms with Gasteiger partial charge in [0.2, 0.25) is 5.89 Å². The molecule has 96 valence electrons. The molecule has 4 nitrogen and oxygen atoms in total. The highest BCUT2D eigenvalue weighted by molar-refractivity contribution is 5.26. The normalized spacial score (nSPS) is 13.0. The molecule has 0 bridgehead atoms. The first-order valence-corrected chi connectivity index (χ1v) is 5.53. The molecule has 0 spiro atoms. The zero-order valence-corrected chi connectivity index (χ0v) is 10.0. The fourth-order valence-corrected chi connectivity index (χ4v) is 1.50. The van der Waals surface area contributed by atoms with E-state index in [1.54, 1.807) is 0 Å². The molecule has 2 rings (SSSR count). The molecule has 2 aromatic rings. The highest BCUT2D eigenvalue weighted by Gasteiger charge is 2.20. The second-order valence-electron chi connectivity index (χ2n) is 4.29. The molecule has 0 aliphatic rings. The summed E-state index contributed by atoms with van der Waals surface area (Å²) in [6, 6.07) is 2.14. The lowest BCUT2D eigenvalue weighted by molar-refractivity contribution is 0.359. The Morgan fingerprint density at radius 2 is 2.00 bits per heavy atom. The van der Waals surface area contributed by atoms with Gasteiger partial charge in [0.05, 0.1) is 6.04 Å². The van der Waals surface area contributed by atoms with Crippen LogP contribution in [0.3, 0.4) is 0 Å². The van der Waals surface area contributed by atoms with Crippen molar-refractivity contribution < 1.29 is 13.3 Å². The van der Waals surface area contributed by atoms with Gasteiger partial charge in [0.15, 0.2) is 5.82 Å². The Morgan fingerprint density at radius 3 is 2.61 bits per heavy atom. The van der Waals surface area contributed by atoms with Crippen LogP contribution in [0.4, 0.5) is 8.78 Å². The molecule has 1 unspecified atom stereocenters. The van der Waals surface area contributed by atoms with E-state index in [0.29, 0.717) is 5.89 Å². The van der Waals surface area contributed by atoms with Crippen molar-refractivity contribution in [3.05, 3.63) is 47.1 Å². The fraction of sp³-hybridized carbons (Fsp3) is 0.333. The Balaban J connectivity index is 2.34. The predicted octanol–water partition coefficient (Wildman–Crippen LogP) is 2.52. The van der Waals surface area contributed by atoms with E-state index in [0.717, 1.165) is 18.2 Å². The molecule has 1 aromatic heterocycles. The van der Waals surface area contributed by atoms with Crippen molar-refractivity contribution in [1.82, 2.24) is 10.1 Å². The Kier molecular flexibility index (Phi) is 3.38. The Labute approximate surface area is 103 Å². The van der Waals surface area contributed by atoms with Gasteiger partial charge in [0, 0.05) is 11.5 Å². The van der Waals surface area contributed by atoms with Crippen molar-refractivity contribution in [3.63, 3.8) is 0 Å². The molecule has 1 heterocycles. The third-order valence-corrected chi connectivity index (χ3v) is 2.52. The molecule has 1 aromatic carbocycles. The van der Waals surface area contributed by atoms with Gasteiger partial charge in [-0.2, -0.15) is 4.98 Å². The topological polar surface area (TPSA) is 64.9 Å². The number of nitrogens with two attached hydrogens (primary N) is 1. The molecule has 0 amide bonds. The minimum Gasteiger partial charge on any atom is -0.339 e. The lowest BCUT2D eigenvalue weighted by Crippen LogP contribution is -2.15. The number of hydrogen-bond donors (Lipinski definition) is 1. The number of rotatable bonds is 3. The molecular weight excluding hydrogens is 240 g/mol. The maximum atomic E-state index is 13.5. The van der Waals surface area contributed by atoms with Gasteiger partial charge in [0.25, 0.3) is 0 Å². The van der Waals surface area contributed by atoms with Gasteiger partial charge in [-0.05, 0) is 18.2 Å². The van der Waals surface area contributed by atoms with E-state index in [9.17, 15) is 8.78 Å². The van der Waals surface area contributed by atoms with Crippen LogP contribution in [0, 0.1) is 11.6 Å². The molecule has 18 heavy (non-hydrogen) atoms. The number of aromatic nitrogens is 2. The zero-order chi connectivity index (χ0) is 13.3. The van der Waals surface area contributed by atoms with Crippen molar-refractivity contribution in [2.75, 3.05) is 0 Å². The zero-order valence-electron chi connectivity index (χ0n) is 10.0. The molecule has 0 aliphatic carbocycles. The second-order valence-corrected chi connectivity index (χ2v) is 4.29. The first-order chi connectivity index (χ1) is 8.49. The monoisotopic (exact) mass is 253 g/mol. The van der Waals surface area contributed by atoms with Gasteiger partial charge >= 0.3 is 0 Å². The minimum atomic E-state index is -0.947. The molecule has 0 fully saturated rings. The standard InChI is InChI=1S/C12H13F2N3O/c1-6(2)12-16-11(17-18-12)10(15)8-5-7(13)3-4-9(8)14/h3-6,10H,15H2,1-2H3. The van der Waals surface area contributed by atoms with E-state index in [1.807, 2.05) is 13.8 Å². The van der Waals surface area contributed by atoms with E-state index in [-0.39, 0.29) is 17.3 Å². The molecule has 0 radical (unpaired) electrons. The lowest BCUT2D eigenvalue weighted by Gasteiger charge is -2.08. The molecule has 1 atom stereocenters. The van der Waals surface area contributed by atoms with Crippen LogP contribution < -0.4 is 5.73 Å². The van der Waals surface area contributed by atoms with Gasteiger partial charge in [-0.15, -0.1) is 0 Å².